The zero-order valence-corrected chi connectivity index (χ0v) is 11.8. The van der Waals surface area contributed by atoms with Crippen molar-refractivity contribution in [2.75, 3.05) is 6.54 Å². The van der Waals surface area contributed by atoms with Crippen LogP contribution in [-0.2, 0) is 6.42 Å². The number of nitrogens with one attached hydrogen (secondary N) is 2. The number of aromatic amines is 1. The van der Waals surface area contributed by atoms with E-state index in [1.54, 1.807) is 12.1 Å². The zero-order valence-electron chi connectivity index (χ0n) is 9.68. The average Bonchev–Trinajstić information content (AvgIpc) is 2.30. The fourth-order valence-electron chi connectivity index (χ4n) is 1.40. The van der Waals surface area contributed by atoms with Crippen molar-refractivity contribution in [2.45, 2.75) is 19.8 Å². The van der Waals surface area contributed by atoms with Gasteiger partial charge in [-0.05, 0) is 35.1 Å². The Hall–Kier alpha value is -1.11. The molecule has 0 aromatic carbocycles. The van der Waals surface area contributed by atoms with Gasteiger partial charge in [0.05, 0.1) is 0 Å². The third-order valence-corrected chi connectivity index (χ3v) is 3.18. The summed E-state index contributed by atoms with van der Waals surface area (Å²) >= 11 is 2.13. The third-order valence-electron chi connectivity index (χ3n) is 2.22. The highest BCUT2D eigenvalue weighted by molar-refractivity contribution is 14.1. The lowest BCUT2D eigenvalue weighted by Crippen LogP contribution is -2.30. The van der Waals surface area contributed by atoms with Gasteiger partial charge in [-0.25, -0.2) is 0 Å². The number of H-pyrrole nitrogens is 1. The molecule has 2 N–H and O–H groups in total. The summed E-state index contributed by atoms with van der Waals surface area (Å²) in [6, 6.07) is 1.63. The fraction of sp³-hybridized carbons (Fsp3) is 0.333. The first kappa shape index (κ1) is 14.0. The minimum absolute atomic E-state index is 0.149. The van der Waals surface area contributed by atoms with Crippen LogP contribution in [0.3, 0.4) is 0 Å². The zero-order chi connectivity index (χ0) is 12.8. The first-order valence-electron chi connectivity index (χ1n) is 5.41. The van der Waals surface area contributed by atoms with Crippen molar-refractivity contribution in [2.24, 2.45) is 0 Å². The van der Waals surface area contributed by atoms with E-state index in [4.69, 9.17) is 0 Å². The normalized spacial score (nSPS) is 10.0. The predicted octanol–water partition coefficient (Wildman–Crippen LogP) is 1.85. The van der Waals surface area contributed by atoms with E-state index in [-0.39, 0.29) is 17.0 Å². The van der Waals surface area contributed by atoms with Crippen molar-refractivity contribution in [3.05, 3.63) is 43.9 Å². The second-order valence-electron chi connectivity index (χ2n) is 3.59. The first-order chi connectivity index (χ1) is 8.10. The van der Waals surface area contributed by atoms with Gasteiger partial charge in [-0.2, -0.15) is 0 Å². The predicted molar refractivity (Wildman–Crippen MR) is 76.3 cm³/mol. The third kappa shape index (κ3) is 3.69. The molecule has 1 rings (SSSR count). The SMILES string of the molecule is C=CCNC(=O)c1cc(I)c(CCC)[nH]c1=O. The maximum atomic E-state index is 11.7. The number of hydrogen-bond donors (Lipinski definition) is 2. The molecule has 0 atom stereocenters. The summed E-state index contributed by atoms with van der Waals surface area (Å²) in [6.07, 6.45) is 3.33. The molecule has 1 aromatic heterocycles. The molecule has 1 amide bonds. The number of aryl methyl sites for hydroxylation is 1. The van der Waals surface area contributed by atoms with Crippen molar-refractivity contribution in [3.8, 4) is 0 Å². The van der Waals surface area contributed by atoms with Gasteiger partial charge in [-0.15, -0.1) is 6.58 Å². The van der Waals surface area contributed by atoms with E-state index in [2.05, 4.69) is 39.5 Å². The molecule has 0 fully saturated rings. The summed E-state index contributed by atoms with van der Waals surface area (Å²) in [4.78, 5) is 26.1. The summed E-state index contributed by atoms with van der Waals surface area (Å²) < 4.78 is 0.910. The molecule has 1 heterocycles. The van der Waals surface area contributed by atoms with Crippen molar-refractivity contribution < 1.29 is 4.79 Å². The maximum Gasteiger partial charge on any atom is 0.261 e. The lowest BCUT2D eigenvalue weighted by atomic mass is 10.2. The minimum Gasteiger partial charge on any atom is -0.348 e. The van der Waals surface area contributed by atoms with Crippen molar-refractivity contribution in [1.29, 1.82) is 0 Å². The van der Waals surface area contributed by atoms with Crippen molar-refractivity contribution in [3.63, 3.8) is 0 Å². The Balaban J connectivity index is 3.02. The van der Waals surface area contributed by atoms with Crippen LogP contribution in [0.1, 0.15) is 29.4 Å². The second kappa shape index (κ2) is 6.58. The van der Waals surface area contributed by atoms with E-state index in [1.165, 1.54) is 0 Å². The Morgan fingerprint density at radius 3 is 2.94 bits per heavy atom. The van der Waals surface area contributed by atoms with Crippen LogP contribution in [0.4, 0.5) is 0 Å². The summed E-state index contributed by atoms with van der Waals surface area (Å²) in [5, 5.41) is 2.59. The molecule has 0 radical (unpaired) electrons. The molecule has 0 saturated heterocycles. The van der Waals surface area contributed by atoms with E-state index in [1.807, 2.05) is 6.92 Å². The highest BCUT2D eigenvalue weighted by Crippen LogP contribution is 2.11. The molecule has 4 nitrogen and oxygen atoms in total. The van der Waals surface area contributed by atoms with Gasteiger partial charge in [0, 0.05) is 15.8 Å². The maximum absolute atomic E-state index is 11.7. The monoisotopic (exact) mass is 346 g/mol. The molecule has 0 aliphatic rings. The largest absolute Gasteiger partial charge is 0.348 e. The number of pyridine rings is 1. The van der Waals surface area contributed by atoms with E-state index in [9.17, 15) is 9.59 Å². The lowest BCUT2D eigenvalue weighted by molar-refractivity contribution is 0.0956. The van der Waals surface area contributed by atoms with Gasteiger partial charge in [0.25, 0.3) is 11.5 Å². The van der Waals surface area contributed by atoms with Gasteiger partial charge in [0.1, 0.15) is 5.56 Å². The number of hydrogen-bond acceptors (Lipinski definition) is 2. The molecule has 0 unspecified atom stereocenters. The first-order valence-corrected chi connectivity index (χ1v) is 6.48. The van der Waals surface area contributed by atoms with Gasteiger partial charge < -0.3 is 10.3 Å². The molecule has 0 aliphatic carbocycles. The molecule has 0 saturated carbocycles. The minimum atomic E-state index is -0.368. The van der Waals surface area contributed by atoms with Gasteiger partial charge in [0.15, 0.2) is 0 Å². The Morgan fingerprint density at radius 2 is 2.35 bits per heavy atom. The van der Waals surface area contributed by atoms with Crippen LogP contribution in [0, 0.1) is 3.57 Å². The Morgan fingerprint density at radius 1 is 1.65 bits per heavy atom. The molecule has 0 bridgehead atoms. The standard InChI is InChI=1S/C12H15IN2O2/c1-3-5-10-9(13)7-8(12(17)15-10)11(16)14-6-4-2/h4,7H,2-3,5-6H2,1H3,(H,14,16)(H,15,17). The molecular formula is C12H15IN2O2. The molecule has 5 heteroatoms. The Kier molecular flexibility index (Phi) is 5.40. The number of halogens is 1. The number of carbonyl (C=O) groups excluding carboxylic acids is 1. The topological polar surface area (TPSA) is 62.0 Å². The van der Waals surface area contributed by atoms with Crippen LogP contribution in [0.2, 0.25) is 0 Å². The molecule has 0 spiro atoms. The van der Waals surface area contributed by atoms with Crippen molar-refractivity contribution >= 4 is 28.5 Å². The van der Waals surface area contributed by atoms with Crippen LogP contribution in [-0.4, -0.2) is 17.4 Å². The quantitative estimate of drug-likeness (QED) is 0.631. The number of aromatic nitrogens is 1. The van der Waals surface area contributed by atoms with Gasteiger partial charge in [-0.3, -0.25) is 9.59 Å². The molecule has 1 aromatic rings. The molecule has 0 aliphatic heterocycles. The van der Waals surface area contributed by atoms with Crippen LogP contribution >= 0.6 is 22.6 Å². The Labute approximate surface area is 114 Å². The molecule has 17 heavy (non-hydrogen) atoms. The summed E-state index contributed by atoms with van der Waals surface area (Å²) in [5.74, 6) is -0.368. The summed E-state index contributed by atoms with van der Waals surface area (Å²) in [6.45, 7) is 5.90. The van der Waals surface area contributed by atoms with E-state index in [0.29, 0.717) is 6.54 Å². The smallest absolute Gasteiger partial charge is 0.261 e. The molecule has 92 valence electrons. The second-order valence-corrected chi connectivity index (χ2v) is 4.75. The lowest BCUT2D eigenvalue weighted by Gasteiger charge is -2.06. The molecular weight excluding hydrogens is 331 g/mol. The van der Waals surface area contributed by atoms with E-state index >= 15 is 0 Å². The number of rotatable bonds is 5. The van der Waals surface area contributed by atoms with E-state index in [0.717, 1.165) is 22.1 Å². The van der Waals surface area contributed by atoms with Gasteiger partial charge >= 0.3 is 0 Å². The van der Waals surface area contributed by atoms with E-state index < -0.39 is 0 Å². The highest BCUT2D eigenvalue weighted by atomic mass is 127. The highest BCUT2D eigenvalue weighted by Gasteiger charge is 2.12. The van der Waals surface area contributed by atoms with Crippen LogP contribution in [0.15, 0.2) is 23.5 Å². The van der Waals surface area contributed by atoms with Gasteiger partial charge in [0.2, 0.25) is 0 Å². The summed E-state index contributed by atoms with van der Waals surface area (Å²) in [7, 11) is 0. The van der Waals surface area contributed by atoms with Crippen LogP contribution < -0.4 is 10.9 Å². The van der Waals surface area contributed by atoms with Crippen molar-refractivity contribution in [1.82, 2.24) is 10.3 Å². The summed E-state index contributed by atoms with van der Waals surface area (Å²) in [5.41, 5.74) is 0.699. The number of amides is 1. The number of carbonyl (C=O) groups is 1. The van der Waals surface area contributed by atoms with Crippen LogP contribution in [0.5, 0.6) is 0 Å². The van der Waals surface area contributed by atoms with Gasteiger partial charge in [-0.1, -0.05) is 19.4 Å². The fourth-order valence-corrected chi connectivity index (χ4v) is 2.12. The average molecular weight is 346 g/mol. The Bertz CT molecular complexity index is 480. The van der Waals surface area contributed by atoms with Crippen LogP contribution in [0.25, 0.3) is 0 Å².